The zero-order chi connectivity index (χ0) is 13.8. The van der Waals surface area contributed by atoms with Crippen molar-refractivity contribution >= 4 is 22.8 Å². The second-order valence-electron chi connectivity index (χ2n) is 4.33. The number of hydrogen-bond donors (Lipinski definition) is 2. The van der Waals surface area contributed by atoms with Crippen molar-refractivity contribution in [2.75, 3.05) is 5.32 Å². The summed E-state index contributed by atoms with van der Waals surface area (Å²) >= 11 is 0. The molecule has 0 fully saturated rings. The molecule has 0 saturated carbocycles. The number of aromatic nitrogens is 2. The summed E-state index contributed by atoms with van der Waals surface area (Å²) in [5.74, 6) is 0. The summed E-state index contributed by atoms with van der Waals surface area (Å²) in [6.07, 6.45) is 2.89. The van der Waals surface area contributed by atoms with Gasteiger partial charge in [0, 0.05) is 11.6 Å². The van der Waals surface area contributed by atoms with Crippen molar-refractivity contribution in [2.24, 2.45) is 0 Å². The molecule has 1 aromatic carbocycles. The van der Waals surface area contributed by atoms with E-state index in [0.717, 1.165) is 16.6 Å². The minimum atomic E-state index is -0.495. The molecule has 100 valence electrons. The summed E-state index contributed by atoms with van der Waals surface area (Å²) in [4.78, 5) is 18.9. The van der Waals surface area contributed by atoms with Crippen molar-refractivity contribution in [3.8, 4) is 0 Å². The Labute approximate surface area is 115 Å². The van der Waals surface area contributed by atoms with Gasteiger partial charge in [0.1, 0.15) is 12.3 Å². The molecular formula is C15H13N3O2. The van der Waals surface area contributed by atoms with Crippen LogP contribution in [0.1, 0.15) is 5.56 Å². The lowest BCUT2D eigenvalue weighted by Crippen LogP contribution is -2.13. The van der Waals surface area contributed by atoms with Gasteiger partial charge in [-0.15, -0.1) is 0 Å². The van der Waals surface area contributed by atoms with Crippen LogP contribution < -0.4 is 5.32 Å². The lowest BCUT2D eigenvalue weighted by molar-refractivity contribution is 0.155. The highest BCUT2D eigenvalue weighted by molar-refractivity contribution is 5.88. The van der Waals surface area contributed by atoms with E-state index >= 15 is 0 Å². The molecule has 0 saturated heterocycles. The zero-order valence-electron chi connectivity index (χ0n) is 10.7. The number of fused-ring (bicyclic) bond motifs is 1. The predicted molar refractivity (Wildman–Crippen MR) is 76.3 cm³/mol. The molecule has 20 heavy (non-hydrogen) atoms. The van der Waals surface area contributed by atoms with Crippen molar-refractivity contribution in [2.45, 2.75) is 6.61 Å². The van der Waals surface area contributed by atoms with Crippen LogP contribution in [0, 0.1) is 0 Å². The fraction of sp³-hybridized carbons (Fsp3) is 0.0667. The number of amides is 1. The number of aromatic amines is 1. The van der Waals surface area contributed by atoms with Crippen LogP contribution in [0.2, 0.25) is 0 Å². The van der Waals surface area contributed by atoms with Crippen LogP contribution in [0.5, 0.6) is 0 Å². The number of H-pyrrole nitrogens is 1. The molecule has 0 aliphatic heterocycles. The maximum absolute atomic E-state index is 11.7. The molecule has 0 bridgehead atoms. The van der Waals surface area contributed by atoms with E-state index in [2.05, 4.69) is 15.3 Å². The fourth-order valence-corrected chi connectivity index (χ4v) is 1.89. The molecule has 0 aliphatic rings. The van der Waals surface area contributed by atoms with E-state index in [0.29, 0.717) is 5.69 Å². The molecule has 1 amide bonds. The summed E-state index contributed by atoms with van der Waals surface area (Å²) in [5.41, 5.74) is 2.34. The van der Waals surface area contributed by atoms with Gasteiger partial charge < -0.3 is 9.72 Å². The van der Waals surface area contributed by atoms with Gasteiger partial charge in [-0.3, -0.25) is 5.32 Å². The molecule has 2 aromatic heterocycles. The maximum atomic E-state index is 11.7. The quantitative estimate of drug-likeness (QED) is 0.765. The maximum Gasteiger partial charge on any atom is 0.412 e. The summed E-state index contributed by atoms with van der Waals surface area (Å²) in [7, 11) is 0. The number of rotatable bonds is 3. The Kier molecular flexibility index (Phi) is 3.33. The van der Waals surface area contributed by atoms with Crippen LogP contribution in [0.4, 0.5) is 10.5 Å². The Bertz CT molecular complexity index is 722. The SMILES string of the molecule is O=C(Nc1cnc2[nH]ccc2c1)OCc1ccccc1. The average Bonchev–Trinajstić information content (AvgIpc) is 2.94. The minimum Gasteiger partial charge on any atom is -0.444 e. The number of benzene rings is 1. The molecule has 3 rings (SSSR count). The van der Waals surface area contributed by atoms with Crippen LogP contribution in [0.15, 0.2) is 54.9 Å². The van der Waals surface area contributed by atoms with E-state index < -0.39 is 6.09 Å². The first-order valence-corrected chi connectivity index (χ1v) is 6.22. The molecule has 5 heteroatoms. The Morgan fingerprint density at radius 1 is 1.25 bits per heavy atom. The molecule has 5 nitrogen and oxygen atoms in total. The molecule has 3 aromatic rings. The minimum absolute atomic E-state index is 0.243. The van der Waals surface area contributed by atoms with Crippen LogP contribution in [0.25, 0.3) is 11.0 Å². The van der Waals surface area contributed by atoms with Gasteiger partial charge in [0.15, 0.2) is 0 Å². The highest BCUT2D eigenvalue weighted by atomic mass is 16.5. The van der Waals surface area contributed by atoms with Gasteiger partial charge in [-0.25, -0.2) is 9.78 Å². The molecule has 0 radical (unpaired) electrons. The molecule has 0 spiro atoms. The topological polar surface area (TPSA) is 67.0 Å². The summed E-state index contributed by atoms with van der Waals surface area (Å²) < 4.78 is 5.14. The lowest BCUT2D eigenvalue weighted by atomic mass is 10.2. The number of anilines is 1. The van der Waals surface area contributed by atoms with Crippen molar-refractivity contribution in [3.05, 3.63) is 60.4 Å². The number of nitrogens with one attached hydrogen (secondary N) is 2. The monoisotopic (exact) mass is 267 g/mol. The second kappa shape index (κ2) is 5.44. The Morgan fingerprint density at radius 3 is 2.95 bits per heavy atom. The molecule has 2 heterocycles. The van der Waals surface area contributed by atoms with E-state index in [4.69, 9.17) is 4.74 Å². The smallest absolute Gasteiger partial charge is 0.412 e. The van der Waals surface area contributed by atoms with Crippen molar-refractivity contribution < 1.29 is 9.53 Å². The van der Waals surface area contributed by atoms with E-state index in [-0.39, 0.29) is 6.61 Å². The van der Waals surface area contributed by atoms with Gasteiger partial charge in [0.05, 0.1) is 11.9 Å². The highest BCUT2D eigenvalue weighted by Gasteiger charge is 2.05. The fourth-order valence-electron chi connectivity index (χ4n) is 1.89. The van der Waals surface area contributed by atoms with Crippen LogP contribution in [0.3, 0.4) is 0 Å². The van der Waals surface area contributed by atoms with E-state index in [1.54, 1.807) is 12.4 Å². The van der Waals surface area contributed by atoms with Crippen LogP contribution >= 0.6 is 0 Å². The highest BCUT2D eigenvalue weighted by Crippen LogP contribution is 2.15. The molecule has 2 N–H and O–H groups in total. The molecular weight excluding hydrogens is 254 g/mol. The number of hydrogen-bond acceptors (Lipinski definition) is 3. The molecule has 0 aliphatic carbocycles. The first-order valence-electron chi connectivity index (χ1n) is 6.22. The summed E-state index contributed by atoms with van der Waals surface area (Å²) in [5, 5.41) is 3.59. The zero-order valence-corrected chi connectivity index (χ0v) is 10.7. The van der Waals surface area contributed by atoms with Gasteiger partial charge in [0.2, 0.25) is 0 Å². The largest absolute Gasteiger partial charge is 0.444 e. The number of ether oxygens (including phenoxy) is 1. The van der Waals surface area contributed by atoms with E-state index in [1.807, 2.05) is 42.5 Å². The van der Waals surface area contributed by atoms with E-state index in [9.17, 15) is 4.79 Å². The lowest BCUT2D eigenvalue weighted by Gasteiger charge is -2.06. The Hall–Kier alpha value is -2.82. The first kappa shape index (κ1) is 12.2. The van der Waals surface area contributed by atoms with Gasteiger partial charge in [0.25, 0.3) is 0 Å². The third-order valence-electron chi connectivity index (χ3n) is 2.86. The third-order valence-corrected chi connectivity index (χ3v) is 2.86. The summed E-state index contributed by atoms with van der Waals surface area (Å²) in [6.45, 7) is 0.243. The number of pyridine rings is 1. The van der Waals surface area contributed by atoms with Crippen molar-refractivity contribution in [1.82, 2.24) is 9.97 Å². The Balaban J connectivity index is 1.61. The Morgan fingerprint density at radius 2 is 2.10 bits per heavy atom. The van der Waals surface area contributed by atoms with Crippen LogP contribution in [-0.4, -0.2) is 16.1 Å². The van der Waals surface area contributed by atoms with Gasteiger partial charge in [-0.1, -0.05) is 30.3 Å². The summed E-state index contributed by atoms with van der Waals surface area (Å²) in [6, 6.07) is 13.3. The van der Waals surface area contributed by atoms with Crippen molar-refractivity contribution in [3.63, 3.8) is 0 Å². The van der Waals surface area contributed by atoms with Crippen molar-refractivity contribution in [1.29, 1.82) is 0 Å². The normalized spacial score (nSPS) is 10.4. The number of carbonyl (C=O) groups is 1. The average molecular weight is 267 g/mol. The van der Waals surface area contributed by atoms with E-state index in [1.165, 1.54) is 0 Å². The molecule has 0 atom stereocenters. The first-order chi connectivity index (χ1) is 9.81. The van der Waals surface area contributed by atoms with Crippen LogP contribution in [-0.2, 0) is 11.3 Å². The standard InChI is InChI=1S/C15H13N3O2/c19-15(20-10-11-4-2-1-3-5-11)18-13-8-12-6-7-16-14(12)17-9-13/h1-9H,10H2,(H,16,17)(H,18,19). The number of carbonyl (C=O) groups excluding carboxylic acids is 1. The third kappa shape index (κ3) is 2.77. The van der Waals surface area contributed by atoms with Gasteiger partial charge in [-0.05, 0) is 17.7 Å². The predicted octanol–water partition coefficient (Wildman–Crippen LogP) is 3.31. The van der Waals surface area contributed by atoms with Gasteiger partial charge in [-0.2, -0.15) is 0 Å². The number of nitrogens with zero attached hydrogens (tertiary/aromatic N) is 1. The second-order valence-corrected chi connectivity index (χ2v) is 4.33. The molecule has 0 unspecified atom stereocenters. The van der Waals surface area contributed by atoms with Gasteiger partial charge >= 0.3 is 6.09 Å².